The first kappa shape index (κ1) is 23.2. The van der Waals surface area contributed by atoms with E-state index in [1.165, 1.54) is 17.2 Å². The number of benzene rings is 2. The predicted octanol–water partition coefficient (Wildman–Crippen LogP) is 4.37. The van der Waals surface area contributed by atoms with Crippen molar-refractivity contribution >= 4 is 33.2 Å². The van der Waals surface area contributed by atoms with Crippen LogP contribution in [0.1, 0.15) is 44.2 Å². The first-order chi connectivity index (χ1) is 13.6. The van der Waals surface area contributed by atoms with Gasteiger partial charge in [-0.1, -0.05) is 55.8 Å². The van der Waals surface area contributed by atoms with Crippen LogP contribution in [0.3, 0.4) is 0 Å². The molecule has 2 aromatic rings. The average molecular weight is 437 g/mol. The van der Waals surface area contributed by atoms with Gasteiger partial charge in [-0.05, 0) is 55.0 Å². The molecule has 29 heavy (non-hydrogen) atoms. The molecule has 1 amide bonds. The number of carbonyl (C=O) groups is 1. The fraction of sp³-hybridized carbons (Fsp3) is 0.409. The molecule has 0 aliphatic carbocycles. The maximum absolute atomic E-state index is 12.6. The smallest absolute Gasteiger partial charge is 0.243 e. The van der Waals surface area contributed by atoms with E-state index in [2.05, 4.69) is 43.4 Å². The van der Waals surface area contributed by atoms with Crippen molar-refractivity contribution in [1.29, 1.82) is 0 Å². The van der Waals surface area contributed by atoms with Crippen LogP contribution < -0.4 is 9.62 Å². The largest absolute Gasteiger partial charge is 0.354 e. The summed E-state index contributed by atoms with van der Waals surface area (Å²) in [6.45, 7) is 6.37. The van der Waals surface area contributed by atoms with Crippen LogP contribution >= 0.6 is 11.6 Å². The zero-order chi connectivity index (χ0) is 21.6. The topological polar surface area (TPSA) is 66.5 Å². The van der Waals surface area contributed by atoms with E-state index in [0.717, 1.165) is 23.4 Å². The molecule has 0 aliphatic rings. The molecule has 0 spiro atoms. The van der Waals surface area contributed by atoms with Gasteiger partial charge in [-0.15, -0.1) is 0 Å². The van der Waals surface area contributed by atoms with Crippen molar-refractivity contribution in [1.82, 2.24) is 5.32 Å². The van der Waals surface area contributed by atoms with Crippen LogP contribution in [0.5, 0.6) is 0 Å². The molecule has 158 valence electrons. The summed E-state index contributed by atoms with van der Waals surface area (Å²) in [5.74, 6) is 0.160. The number of anilines is 1. The van der Waals surface area contributed by atoms with Gasteiger partial charge in [-0.3, -0.25) is 9.10 Å². The van der Waals surface area contributed by atoms with Crippen LogP contribution in [-0.4, -0.2) is 33.2 Å². The van der Waals surface area contributed by atoms with E-state index in [1.807, 2.05) is 0 Å². The molecule has 0 bridgehead atoms. The highest BCUT2D eigenvalue weighted by atomic mass is 35.5. The van der Waals surface area contributed by atoms with Crippen molar-refractivity contribution in [3.63, 3.8) is 0 Å². The van der Waals surface area contributed by atoms with Crippen LogP contribution in [0.4, 0.5) is 5.69 Å². The number of rotatable bonds is 9. The number of hydrogen-bond donors (Lipinski definition) is 1. The number of halogens is 1. The molecule has 0 saturated heterocycles. The molecule has 5 nitrogen and oxygen atoms in total. The fourth-order valence-electron chi connectivity index (χ4n) is 3.14. The zero-order valence-corrected chi connectivity index (χ0v) is 18.9. The number of aryl methyl sites for hydroxylation is 1. The van der Waals surface area contributed by atoms with Crippen molar-refractivity contribution in [2.45, 2.75) is 45.6 Å². The van der Waals surface area contributed by atoms with Crippen LogP contribution in [0.2, 0.25) is 5.02 Å². The van der Waals surface area contributed by atoms with Gasteiger partial charge in [-0.2, -0.15) is 0 Å². The monoisotopic (exact) mass is 436 g/mol. The van der Waals surface area contributed by atoms with Crippen molar-refractivity contribution in [2.75, 3.05) is 17.1 Å². The van der Waals surface area contributed by atoms with E-state index in [4.69, 9.17) is 11.6 Å². The minimum absolute atomic E-state index is 0.342. The summed E-state index contributed by atoms with van der Waals surface area (Å²) >= 11 is 5.99. The number of hydrogen-bond acceptors (Lipinski definition) is 3. The third-order valence-electron chi connectivity index (χ3n) is 4.74. The summed E-state index contributed by atoms with van der Waals surface area (Å²) in [5.41, 5.74) is 2.89. The lowest BCUT2D eigenvalue weighted by Crippen LogP contribution is -2.48. The Morgan fingerprint density at radius 1 is 1.10 bits per heavy atom. The first-order valence-corrected chi connectivity index (χ1v) is 11.9. The Bertz CT molecular complexity index is 927. The number of nitrogens with zero attached hydrogens (tertiary/aromatic N) is 1. The molecule has 0 heterocycles. The van der Waals surface area contributed by atoms with Gasteiger partial charge in [0, 0.05) is 11.6 Å². The summed E-state index contributed by atoms with van der Waals surface area (Å²) in [5, 5.41) is 3.25. The molecule has 2 rings (SSSR count). The highest BCUT2D eigenvalue weighted by molar-refractivity contribution is 7.92. The Hall–Kier alpha value is -2.05. The Kier molecular flexibility index (Phi) is 8.11. The van der Waals surface area contributed by atoms with Gasteiger partial charge in [-0.25, -0.2) is 8.42 Å². The third kappa shape index (κ3) is 6.75. The Balaban J connectivity index is 1.94. The molecular weight excluding hydrogens is 408 g/mol. The van der Waals surface area contributed by atoms with E-state index in [1.54, 1.807) is 25.1 Å². The van der Waals surface area contributed by atoms with E-state index in [9.17, 15) is 13.2 Å². The van der Waals surface area contributed by atoms with Gasteiger partial charge in [0.05, 0.1) is 11.9 Å². The van der Waals surface area contributed by atoms with Crippen molar-refractivity contribution in [2.24, 2.45) is 0 Å². The maximum atomic E-state index is 12.6. The Morgan fingerprint density at radius 2 is 1.76 bits per heavy atom. The van der Waals surface area contributed by atoms with Crippen LogP contribution in [-0.2, 0) is 21.2 Å². The highest BCUT2D eigenvalue weighted by Crippen LogP contribution is 2.24. The molecule has 0 radical (unpaired) electrons. The van der Waals surface area contributed by atoms with Crippen molar-refractivity contribution < 1.29 is 13.2 Å². The summed E-state index contributed by atoms with van der Waals surface area (Å²) < 4.78 is 25.7. The molecule has 1 atom stereocenters. The number of sulfonamides is 1. The quantitative estimate of drug-likeness (QED) is 0.593. The first-order valence-electron chi connectivity index (χ1n) is 9.71. The number of carbonyl (C=O) groups excluding carboxylic acids is 1. The average Bonchev–Trinajstić information content (AvgIpc) is 2.64. The van der Waals surface area contributed by atoms with Crippen molar-refractivity contribution in [3.05, 3.63) is 64.7 Å². The molecule has 1 N–H and O–H groups in total. The predicted molar refractivity (Wildman–Crippen MR) is 120 cm³/mol. The van der Waals surface area contributed by atoms with Gasteiger partial charge in [0.15, 0.2) is 0 Å². The third-order valence-corrected chi connectivity index (χ3v) is 6.22. The lowest BCUT2D eigenvalue weighted by Gasteiger charge is -2.28. The molecule has 0 aromatic heterocycles. The molecule has 7 heteroatoms. The molecule has 0 fully saturated rings. The minimum Gasteiger partial charge on any atom is -0.354 e. The minimum atomic E-state index is -3.65. The second kappa shape index (κ2) is 10.1. The Morgan fingerprint density at radius 3 is 2.31 bits per heavy atom. The summed E-state index contributed by atoms with van der Waals surface area (Å²) in [7, 11) is -3.65. The standard InChI is InChI=1S/C22H29ClN2O3S/c1-16(2)19-12-10-18(11-13-19)7-6-14-24-22(26)17(3)25(29(4,27)28)21-9-5-8-20(23)15-21/h5,8-13,15-17H,6-7,14H2,1-4H3,(H,24,26). The van der Waals surface area contributed by atoms with Gasteiger partial charge in [0.1, 0.15) is 6.04 Å². The van der Waals surface area contributed by atoms with Gasteiger partial charge < -0.3 is 5.32 Å². The van der Waals surface area contributed by atoms with E-state index < -0.39 is 16.1 Å². The normalized spacial score (nSPS) is 12.6. The lowest BCUT2D eigenvalue weighted by atomic mass is 10.0. The van der Waals surface area contributed by atoms with Crippen molar-refractivity contribution in [3.8, 4) is 0 Å². The zero-order valence-electron chi connectivity index (χ0n) is 17.4. The molecule has 0 aliphatic heterocycles. The van der Waals surface area contributed by atoms with E-state index >= 15 is 0 Å². The van der Waals surface area contributed by atoms with E-state index in [0.29, 0.717) is 23.2 Å². The van der Waals surface area contributed by atoms with Gasteiger partial charge in [0.2, 0.25) is 15.9 Å². The second-order valence-electron chi connectivity index (χ2n) is 7.51. The summed E-state index contributed by atoms with van der Waals surface area (Å²) in [6, 6.07) is 14.1. The highest BCUT2D eigenvalue weighted by Gasteiger charge is 2.29. The summed E-state index contributed by atoms with van der Waals surface area (Å²) in [4.78, 5) is 12.6. The van der Waals surface area contributed by atoms with Gasteiger partial charge >= 0.3 is 0 Å². The van der Waals surface area contributed by atoms with E-state index in [-0.39, 0.29) is 5.91 Å². The number of amides is 1. The van der Waals surface area contributed by atoms with Gasteiger partial charge in [0.25, 0.3) is 0 Å². The summed E-state index contributed by atoms with van der Waals surface area (Å²) in [6.07, 6.45) is 2.70. The van der Waals surface area contributed by atoms with Crippen LogP contribution in [0, 0.1) is 0 Å². The molecular formula is C22H29ClN2O3S. The molecule has 2 aromatic carbocycles. The Labute approximate surface area is 179 Å². The van der Waals surface area contributed by atoms with Crippen LogP contribution in [0.25, 0.3) is 0 Å². The number of nitrogens with one attached hydrogen (secondary N) is 1. The lowest BCUT2D eigenvalue weighted by molar-refractivity contribution is -0.121. The second-order valence-corrected chi connectivity index (χ2v) is 9.80. The maximum Gasteiger partial charge on any atom is 0.243 e. The SMILES string of the molecule is CC(C)c1ccc(CCCNC(=O)C(C)N(c2cccc(Cl)c2)S(C)(=O)=O)cc1. The van der Waals surface area contributed by atoms with Crippen LogP contribution in [0.15, 0.2) is 48.5 Å². The fourth-order valence-corrected chi connectivity index (χ4v) is 4.49. The molecule has 0 saturated carbocycles. The molecule has 1 unspecified atom stereocenters.